The Balaban J connectivity index is 2.37. The van der Waals surface area contributed by atoms with E-state index in [1.165, 1.54) is 19.1 Å². The summed E-state index contributed by atoms with van der Waals surface area (Å²) in [6.45, 7) is 4.58. The van der Waals surface area contributed by atoms with E-state index in [4.69, 9.17) is 18.9 Å². The summed E-state index contributed by atoms with van der Waals surface area (Å²) in [6, 6.07) is 2.84. The lowest BCUT2D eigenvalue weighted by molar-refractivity contribution is -0.133. The minimum Gasteiger partial charge on any atom is -0.453 e. The predicted molar refractivity (Wildman–Crippen MR) is 59.7 cm³/mol. The number of esters is 2. The van der Waals surface area contributed by atoms with Crippen LogP contribution >= 0.6 is 0 Å². The third kappa shape index (κ3) is 2.42. The summed E-state index contributed by atoms with van der Waals surface area (Å²) in [7, 11) is 0. The maximum atomic E-state index is 11.2. The Labute approximate surface area is 103 Å². The number of hydrogen-bond donors (Lipinski definition) is 0. The summed E-state index contributed by atoms with van der Waals surface area (Å²) in [5, 5.41) is 0. The fraction of sp³-hybridized carbons (Fsp3) is 0.167. The highest BCUT2D eigenvalue weighted by Gasteiger charge is 2.21. The van der Waals surface area contributed by atoms with E-state index in [9.17, 15) is 9.59 Å². The fourth-order valence-electron chi connectivity index (χ4n) is 1.37. The maximum Gasteiger partial charge on any atom is 0.335 e. The Morgan fingerprint density at radius 3 is 2.28 bits per heavy atom. The van der Waals surface area contributed by atoms with E-state index in [1.807, 2.05) is 0 Å². The van der Waals surface area contributed by atoms with Gasteiger partial charge in [0.1, 0.15) is 0 Å². The molecule has 0 N–H and O–H groups in total. The fourth-order valence-corrected chi connectivity index (χ4v) is 1.37. The van der Waals surface area contributed by atoms with Crippen LogP contribution in [-0.2, 0) is 9.59 Å². The molecule has 0 amide bonds. The molecule has 18 heavy (non-hydrogen) atoms. The van der Waals surface area contributed by atoms with E-state index >= 15 is 0 Å². The summed E-state index contributed by atoms with van der Waals surface area (Å²) >= 11 is 0. The molecule has 1 aromatic rings. The van der Waals surface area contributed by atoms with Gasteiger partial charge in [-0.3, -0.25) is 4.79 Å². The molecule has 0 bridgehead atoms. The highest BCUT2D eigenvalue weighted by molar-refractivity contribution is 5.84. The first-order valence-electron chi connectivity index (χ1n) is 5.06. The summed E-state index contributed by atoms with van der Waals surface area (Å²) in [6.07, 6.45) is 1.00. The zero-order valence-electron chi connectivity index (χ0n) is 9.60. The van der Waals surface area contributed by atoms with Gasteiger partial charge in [-0.2, -0.15) is 0 Å². The molecule has 1 aliphatic heterocycles. The second-order valence-corrected chi connectivity index (χ2v) is 3.37. The van der Waals surface area contributed by atoms with E-state index in [2.05, 4.69) is 6.58 Å². The van der Waals surface area contributed by atoms with Crippen LogP contribution in [0.4, 0.5) is 0 Å². The molecule has 0 saturated heterocycles. The Morgan fingerprint density at radius 2 is 1.78 bits per heavy atom. The Kier molecular flexibility index (Phi) is 3.18. The molecule has 6 heteroatoms. The first-order valence-corrected chi connectivity index (χ1v) is 5.06. The van der Waals surface area contributed by atoms with Gasteiger partial charge >= 0.3 is 11.9 Å². The van der Waals surface area contributed by atoms with Crippen LogP contribution in [0.25, 0.3) is 0 Å². The zero-order chi connectivity index (χ0) is 13.1. The average molecular weight is 250 g/mol. The van der Waals surface area contributed by atoms with Crippen molar-refractivity contribution in [2.24, 2.45) is 0 Å². The predicted octanol–water partition coefficient (Wildman–Crippen LogP) is 1.43. The smallest absolute Gasteiger partial charge is 0.335 e. The summed E-state index contributed by atoms with van der Waals surface area (Å²) in [5.74, 6) is -0.212. The van der Waals surface area contributed by atoms with E-state index in [-0.39, 0.29) is 18.3 Å². The van der Waals surface area contributed by atoms with Gasteiger partial charge in [0.05, 0.1) is 0 Å². The van der Waals surface area contributed by atoms with Crippen molar-refractivity contribution >= 4 is 11.9 Å². The van der Waals surface area contributed by atoms with Gasteiger partial charge in [0, 0.05) is 25.1 Å². The van der Waals surface area contributed by atoms with Crippen molar-refractivity contribution in [1.29, 1.82) is 0 Å². The molecular weight excluding hydrogens is 240 g/mol. The molecule has 1 aliphatic rings. The van der Waals surface area contributed by atoms with Crippen LogP contribution < -0.4 is 18.9 Å². The normalized spacial score (nSPS) is 11.8. The molecule has 0 atom stereocenters. The van der Waals surface area contributed by atoms with Crippen molar-refractivity contribution < 1.29 is 28.5 Å². The Morgan fingerprint density at radius 1 is 1.22 bits per heavy atom. The van der Waals surface area contributed by atoms with Crippen LogP contribution in [0, 0.1) is 0 Å². The summed E-state index contributed by atoms with van der Waals surface area (Å²) < 4.78 is 20.1. The number of benzene rings is 1. The SMILES string of the molecule is C=CC(=O)Oc1cc2c(cc1OC(C)=O)OCO2. The van der Waals surface area contributed by atoms with Crippen LogP contribution in [0.15, 0.2) is 24.8 Å². The maximum absolute atomic E-state index is 11.2. The van der Waals surface area contributed by atoms with Crippen molar-refractivity contribution in [3.8, 4) is 23.0 Å². The number of rotatable bonds is 3. The number of carbonyl (C=O) groups excluding carboxylic acids is 2. The highest BCUT2D eigenvalue weighted by atomic mass is 16.7. The van der Waals surface area contributed by atoms with Gasteiger partial charge in [-0.15, -0.1) is 0 Å². The lowest BCUT2D eigenvalue weighted by atomic mass is 10.2. The summed E-state index contributed by atoms with van der Waals surface area (Å²) in [4.78, 5) is 22.1. The molecular formula is C12H10O6. The molecule has 0 unspecified atom stereocenters. The van der Waals surface area contributed by atoms with Crippen molar-refractivity contribution in [2.75, 3.05) is 6.79 Å². The van der Waals surface area contributed by atoms with Crippen LogP contribution in [0.2, 0.25) is 0 Å². The molecule has 0 radical (unpaired) electrons. The highest BCUT2D eigenvalue weighted by Crippen LogP contribution is 2.42. The molecule has 0 fully saturated rings. The number of ether oxygens (including phenoxy) is 4. The average Bonchev–Trinajstić information content (AvgIpc) is 2.75. The molecule has 6 nitrogen and oxygen atoms in total. The van der Waals surface area contributed by atoms with Gasteiger partial charge in [-0.05, 0) is 0 Å². The quantitative estimate of drug-likeness (QED) is 0.459. The minimum absolute atomic E-state index is 0.0632. The summed E-state index contributed by atoms with van der Waals surface area (Å²) in [5.41, 5.74) is 0. The van der Waals surface area contributed by atoms with Gasteiger partial charge in [0.25, 0.3) is 0 Å². The molecule has 94 valence electrons. The monoisotopic (exact) mass is 250 g/mol. The molecule has 1 aromatic carbocycles. The Bertz CT molecular complexity index is 520. The van der Waals surface area contributed by atoms with Crippen molar-refractivity contribution in [3.63, 3.8) is 0 Å². The van der Waals surface area contributed by atoms with Gasteiger partial charge in [0.2, 0.25) is 6.79 Å². The number of fused-ring (bicyclic) bond motifs is 1. The van der Waals surface area contributed by atoms with Crippen LogP contribution in [0.5, 0.6) is 23.0 Å². The van der Waals surface area contributed by atoms with Gasteiger partial charge in [-0.25, -0.2) is 4.79 Å². The Hall–Kier alpha value is -2.50. The molecule has 2 rings (SSSR count). The van der Waals surface area contributed by atoms with E-state index in [0.717, 1.165) is 6.08 Å². The molecule has 0 saturated carbocycles. The third-order valence-electron chi connectivity index (χ3n) is 2.07. The van der Waals surface area contributed by atoms with Crippen molar-refractivity contribution in [2.45, 2.75) is 6.92 Å². The van der Waals surface area contributed by atoms with Crippen LogP contribution in [0.3, 0.4) is 0 Å². The van der Waals surface area contributed by atoms with Gasteiger partial charge in [-0.1, -0.05) is 6.58 Å². The first-order chi connectivity index (χ1) is 8.60. The van der Waals surface area contributed by atoms with Crippen LogP contribution in [-0.4, -0.2) is 18.7 Å². The molecule has 0 aromatic heterocycles. The van der Waals surface area contributed by atoms with Crippen LogP contribution in [0.1, 0.15) is 6.92 Å². The molecule has 0 spiro atoms. The molecule has 1 heterocycles. The lowest BCUT2D eigenvalue weighted by Crippen LogP contribution is -2.07. The zero-order valence-corrected chi connectivity index (χ0v) is 9.60. The van der Waals surface area contributed by atoms with Crippen molar-refractivity contribution in [3.05, 3.63) is 24.8 Å². The lowest BCUT2D eigenvalue weighted by Gasteiger charge is -2.09. The van der Waals surface area contributed by atoms with Gasteiger partial charge in [0.15, 0.2) is 23.0 Å². The van der Waals surface area contributed by atoms with E-state index in [0.29, 0.717) is 11.5 Å². The van der Waals surface area contributed by atoms with Gasteiger partial charge < -0.3 is 18.9 Å². The standard InChI is InChI=1S/C12H10O6/c1-3-12(14)18-11-5-9-8(15-6-16-9)4-10(11)17-7(2)13/h3-5H,1,6H2,2H3. The van der Waals surface area contributed by atoms with Crippen molar-refractivity contribution in [1.82, 2.24) is 0 Å². The third-order valence-corrected chi connectivity index (χ3v) is 2.07. The van der Waals surface area contributed by atoms with E-state index < -0.39 is 11.9 Å². The first kappa shape index (κ1) is 12.0. The van der Waals surface area contributed by atoms with E-state index in [1.54, 1.807) is 0 Å². The topological polar surface area (TPSA) is 71.1 Å². The number of hydrogen-bond acceptors (Lipinski definition) is 6. The number of carbonyl (C=O) groups is 2. The largest absolute Gasteiger partial charge is 0.453 e. The second kappa shape index (κ2) is 4.79. The molecule has 0 aliphatic carbocycles. The second-order valence-electron chi connectivity index (χ2n) is 3.37. The minimum atomic E-state index is -0.665.